The van der Waals surface area contributed by atoms with Crippen LogP contribution in [0.5, 0.6) is 0 Å². The number of aliphatic carboxylic acids is 1. The van der Waals surface area contributed by atoms with E-state index < -0.39 is 23.6 Å². The molecule has 0 fully saturated rings. The van der Waals surface area contributed by atoms with E-state index in [0.29, 0.717) is 19.0 Å². The van der Waals surface area contributed by atoms with Gasteiger partial charge in [-0.05, 0) is 12.5 Å². The van der Waals surface area contributed by atoms with E-state index in [-0.39, 0.29) is 17.4 Å². The average Bonchev–Trinajstić information content (AvgIpc) is 2.34. The summed E-state index contributed by atoms with van der Waals surface area (Å²) in [5, 5.41) is 11.4. The second-order valence-electron chi connectivity index (χ2n) is 4.26. The maximum absolute atomic E-state index is 12.4. The van der Waals surface area contributed by atoms with Gasteiger partial charge in [0, 0.05) is 12.7 Å². The summed E-state index contributed by atoms with van der Waals surface area (Å²) in [6, 6.07) is 0.756. The normalized spacial score (nSPS) is 13.1. The Morgan fingerprint density at radius 3 is 2.65 bits per heavy atom. The van der Waals surface area contributed by atoms with E-state index in [1.165, 1.54) is 0 Å². The highest BCUT2D eigenvalue weighted by atomic mass is 35.5. The van der Waals surface area contributed by atoms with Gasteiger partial charge >= 0.3 is 12.1 Å². The Hall–Kier alpha value is -1.50. The van der Waals surface area contributed by atoms with Crippen LogP contribution in [0.1, 0.15) is 25.3 Å². The van der Waals surface area contributed by atoms with Gasteiger partial charge in [0.2, 0.25) is 0 Å². The molecule has 112 valence electrons. The SMILES string of the molecule is CCCC(CNc1ncc(C(F)(F)F)cc1Cl)C(=O)O. The van der Waals surface area contributed by atoms with Crippen LogP contribution in [-0.2, 0) is 11.0 Å². The van der Waals surface area contributed by atoms with Crippen molar-refractivity contribution in [2.75, 3.05) is 11.9 Å². The highest BCUT2D eigenvalue weighted by Gasteiger charge is 2.31. The van der Waals surface area contributed by atoms with Crippen LogP contribution >= 0.6 is 11.6 Å². The number of pyridine rings is 1. The van der Waals surface area contributed by atoms with Crippen LogP contribution < -0.4 is 5.32 Å². The Bertz CT molecular complexity index is 480. The topological polar surface area (TPSA) is 62.2 Å². The Kier molecular flexibility index (Phi) is 5.62. The van der Waals surface area contributed by atoms with Crippen molar-refractivity contribution in [2.45, 2.75) is 25.9 Å². The summed E-state index contributed by atoms with van der Waals surface area (Å²) in [7, 11) is 0. The van der Waals surface area contributed by atoms with Gasteiger partial charge in [0.25, 0.3) is 0 Å². The molecule has 8 heteroatoms. The van der Waals surface area contributed by atoms with Gasteiger partial charge in [-0.15, -0.1) is 0 Å². The maximum atomic E-state index is 12.4. The Morgan fingerprint density at radius 1 is 1.55 bits per heavy atom. The molecule has 0 aromatic carbocycles. The molecule has 1 rings (SSSR count). The van der Waals surface area contributed by atoms with Crippen LogP contribution in [0.4, 0.5) is 19.0 Å². The zero-order chi connectivity index (χ0) is 15.3. The Labute approximate surface area is 119 Å². The summed E-state index contributed by atoms with van der Waals surface area (Å²) in [5.41, 5.74) is -0.948. The summed E-state index contributed by atoms with van der Waals surface area (Å²) in [4.78, 5) is 14.5. The van der Waals surface area contributed by atoms with Crippen molar-refractivity contribution in [3.05, 3.63) is 22.8 Å². The minimum atomic E-state index is -4.51. The quantitative estimate of drug-likeness (QED) is 0.841. The first kappa shape index (κ1) is 16.6. The minimum absolute atomic E-state index is 0.0435. The molecule has 0 radical (unpaired) electrons. The lowest BCUT2D eigenvalue weighted by atomic mass is 10.0. The molecule has 1 aromatic heterocycles. The summed E-state index contributed by atoms with van der Waals surface area (Å²) in [6.45, 7) is 1.90. The lowest BCUT2D eigenvalue weighted by Gasteiger charge is -2.14. The van der Waals surface area contributed by atoms with E-state index in [0.717, 1.165) is 6.07 Å². The van der Waals surface area contributed by atoms with Gasteiger partial charge in [-0.2, -0.15) is 13.2 Å². The highest BCUT2D eigenvalue weighted by molar-refractivity contribution is 6.32. The number of hydrogen-bond donors (Lipinski definition) is 2. The average molecular weight is 311 g/mol. The molecular weight excluding hydrogens is 297 g/mol. The molecular formula is C12H14ClF3N2O2. The lowest BCUT2D eigenvalue weighted by molar-refractivity contribution is -0.141. The fourth-order valence-electron chi connectivity index (χ4n) is 1.60. The van der Waals surface area contributed by atoms with E-state index >= 15 is 0 Å². The second-order valence-corrected chi connectivity index (χ2v) is 4.66. The fraction of sp³-hybridized carbons (Fsp3) is 0.500. The number of anilines is 1. The molecule has 0 saturated carbocycles. The predicted octanol–water partition coefficient (Wildman–Crippen LogP) is 3.67. The summed E-state index contributed by atoms with van der Waals surface area (Å²) < 4.78 is 37.3. The van der Waals surface area contributed by atoms with Crippen LogP contribution in [-0.4, -0.2) is 22.6 Å². The number of nitrogens with one attached hydrogen (secondary N) is 1. The highest BCUT2D eigenvalue weighted by Crippen LogP contribution is 2.32. The number of carbonyl (C=O) groups is 1. The zero-order valence-corrected chi connectivity index (χ0v) is 11.4. The third kappa shape index (κ3) is 4.56. The molecule has 0 aliphatic carbocycles. The number of alkyl halides is 3. The molecule has 20 heavy (non-hydrogen) atoms. The van der Waals surface area contributed by atoms with Gasteiger partial charge in [-0.3, -0.25) is 4.79 Å². The predicted molar refractivity (Wildman–Crippen MR) is 68.8 cm³/mol. The number of rotatable bonds is 6. The third-order valence-electron chi connectivity index (χ3n) is 2.67. The van der Waals surface area contributed by atoms with E-state index in [4.69, 9.17) is 16.7 Å². The van der Waals surface area contributed by atoms with Gasteiger partial charge in [-0.25, -0.2) is 4.98 Å². The molecule has 0 aliphatic rings. The van der Waals surface area contributed by atoms with Crippen LogP contribution in [0.2, 0.25) is 5.02 Å². The van der Waals surface area contributed by atoms with Gasteiger partial charge < -0.3 is 10.4 Å². The molecule has 1 aromatic rings. The monoisotopic (exact) mass is 310 g/mol. The number of hydrogen-bond acceptors (Lipinski definition) is 3. The van der Waals surface area contributed by atoms with E-state index in [1.807, 2.05) is 6.92 Å². The molecule has 1 atom stereocenters. The third-order valence-corrected chi connectivity index (χ3v) is 2.96. The van der Waals surface area contributed by atoms with Crippen molar-refractivity contribution >= 4 is 23.4 Å². The molecule has 1 heterocycles. The smallest absolute Gasteiger partial charge is 0.417 e. The number of aromatic nitrogens is 1. The van der Waals surface area contributed by atoms with Gasteiger partial charge in [-0.1, -0.05) is 24.9 Å². The minimum Gasteiger partial charge on any atom is -0.481 e. The van der Waals surface area contributed by atoms with Crippen molar-refractivity contribution in [2.24, 2.45) is 5.92 Å². The first-order valence-electron chi connectivity index (χ1n) is 5.95. The van der Waals surface area contributed by atoms with Crippen LogP contribution in [0.25, 0.3) is 0 Å². The maximum Gasteiger partial charge on any atom is 0.417 e. The van der Waals surface area contributed by atoms with Gasteiger partial charge in [0.15, 0.2) is 0 Å². The molecule has 1 unspecified atom stereocenters. The Morgan fingerprint density at radius 2 is 2.20 bits per heavy atom. The van der Waals surface area contributed by atoms with Crippen molar-refractivity contribution in [3.8, 4) is 0 Å². The van der Waals surface area contributed by atoms with Crippen LogP contribution in [0.15, 0.2) is 12.3 Å². The van der Waals surface area contributed by atoms with E-state index in [9.17, 15) is 18.0 Å². The molecule has 4 nitrogen and oxygen atoms in total. The molecule has 0 aliphatic heterocycles. The van der Waals surface area contributed by atoms with E-state index in [2.05, 4.69) is 10.3 Å². The summed E-state index contributed by atoms with van der Waals surface area (Å²) in [5.74, 6) is -1.57. The van der Waals surface area contributed by atoms with Crippen molar-refractivity contribution in [1.29, 1.82) is 0 Å². The largest absolute Gasteiger partial charge is 0.481 e. The van der Waals surface area contributed by atoms with Crippen molar-refractivity contribution in [1.82, 2.24) is 4.98 Å². The zero-order valence-electron chi connectivity index (χ0n) is 10.7. The standard InChI is InChI=1S/C12H14ClF3N2O2/c1-2-3-7(11(19)20)5-17-10-9(13)4-8(6-18-10)12(14,15)16/h4,6-7H,2-3,5H2,1H3,(H,17,18)(H,19,20). The number of carboxylic acid groups (broad SMARTS) is 1. The molecule has 0 bridgehead atoms. The fourth-order valence-corrected chi connectivity index (χ4v) is 1.84. The van der Waals surface area contributed by atoms with Crippen LogP contribution in [0.3, 0.4) is 0 Å². The van der Waals surface area contributed by atoms with E-state index in [1.54, 1.807) is 0 Å². The summed E-state index contributed by atoms with van der Waals surface area (Å²) in [6.07, 6.45) is -2.71. The first-order valence-corrected chi connectivity index (χ1v) is 6.33. The lowest BCUT2D eigenvalue weighted by Crippen LogP contribution is -2.23. The van der Waals surface area contributed by atoms with Crippen LogP contribution in [0, 0.1) is 5.92 Å². The molecule has 0 amide bonds. The number of halogens is 4. The molecule has 0 saturated heterocycles. The number of carboxylic acids is 1. The Balaban J connectivity index is 2.76. The van der Waals surface area contributed by atoms with Gasteiger partial charge in [0.05, 0.1) is 16.5 Å². The van der Waals surface area contributed by atoms with Crippen molar-refractivity contribution < 1.29 is 23.1 Å². The number of nitrogens with zero attached hydrogens (tertiary/aromatic N) is 1. The van der Waals surface area contributed by atoms with Crippen molar-refractivity contribution in [3.63, 3.8) is 0 Å². The first-order chi connectivity index (χ1) is 9.25. The second kappa shape index (κ2) is 6.78. The van der Waals surface area contributed by atoms with Gasteiger partial charge in [0.1, 0.15) is 5.82 Å². The molecule has 0 spiro atoms. The summed E-state index contributed by atoms with van der Waals surface area (Å²) >= 11 is 5.70. The molecule has 2 N–H and O–H groups in total.